The number of carbonyl (C=O) groups excluding carboxylic acids is 3. The number of hydrogen-bond donors (Lipinski definition) is 4. The maximum absolute atomic E-state index is 15.7. The lowest BCUT2D eigenvalue weighted by Crippen LogP contribution is -2.52. The van der Waals surface area contributed by atoms with Gasteiger partial charge in [0.1, 0.15) is 6.04 Å². The Kier molecular flexibility index (Phi) is 11.3. The summed E-state index contributed by atoms with van der Waals surface area (Å²) in [4.78, 5) is 38.2. The Hall–Kier alpha value is -3.24. The number of hydrogen-bond acceptors (Lipinski definition) is 5. The van der Waals surface area contributed by atoms with Crippen LogP contribution in [0.1, 0.15) is 56.8 Å². The fourth-order valence-corrected chi connectivity index (χ4v) is 4.79. The third-order valence-corrected chi connectivity index (χ3v) is 7.34. The van der Waals surface area contributed by atoms with Gasteiger partial charge < -0.3 is 25.8 Å². The topological polar surface area (TPSA) is 117 Å². The number of aliphatic hydroxyl groups excluding tert-OH is 1. The van der Waals surface area contributed by atoms with Crippen molar-refractivity contribution in [1.82, 2.24) is 16.0 Å². The zero-order chi connectivity index (χ0) is 29.3. The normalized spacial score (nSPS) is 18.2. The van der Waals surface area contributed by atoms with Crippen molar-refractivity contribution >= 4 is 29.5 Å². The van der Waals surface area contributed by atoms with Gasteiger partial charge in [0.2, 0.25) is 11.8 Å². The van der Waals surface area contributed by atoms with Crippen molar-refractivity contribution in [3.8, 4) is 0 Å². The molecule has 0 spiro atoms. The Morgan fingerprint density at radius 3 is 2.50 bits per heavy atom. The van der Waals surface area contributed by atoms with Crippen LogP contribution in [0.4, 0.5) is 13.6 Å². The molecule has 2 aromatic carbocycles. The highest BCUT2D eigenvalue weighted by molar-refractivity contribution is 6.30. The summed E-state index contributed by atoms with van der Waals surface area (Å²) in [6, 6.07) is 10.9. The summed E-state index contributed by atoms with van der Waals surface area (Å²) in [6.07, 6.45) is -1.48. The van der Waals surface area contributed by atoms with Gasteiger partial charge in [-0.2, -0.15) is 8.78 Å². The Bertz CT molecular complexity index is 1150. The van der Waals surface area contributed by atoms with Gasteiger partial charge in [0.05, 0.1) is 12.6 Å². The Balaban J connectivity index is 1.79. The molecule has 1 saturated heterocycles. The first kappa shape index (κ1) is 31.3. The highest BCUT2D eigenvalue weighted by Crippen LogP contribution is 2.43. The van der Waals surface area contributed by atoms with Crippen LogP contribution in [0, 0.1) is 11.8 Å². The number of alkyl halides is 2. The molecule has 0 saturated carbocycles. The van der Waals surface area contributed by atoms with E-state index < -0.39 is 48.3 Å². The van der Waals surface area contributed by atoms with Gasteiger partial charge in [-0.05, 0) is 42.9 Å². The van der Waals surface area contributed by atoms with Crippen LogP contribution in [0.5, 0.6) is 0 Å². The molecule has 3 rings (SSSR count). The van der Waals surface area contributed by atoms with Gasteiger partial charge >= 0.3 is 12.0 Å². The second kappa shape index (κ2) is 14.4. The molecule has 11 heteroatoms. The van der Waals surface area contributed by atoms with Crippen molar-refractivity contribution < 1.29 is 33.0 Å². The molecule has 40 heavy (non-hydrogen) atoms. The molecule has 2 unspecified atom stereocenters. The molecule has 3 amide bonds. The third kappa shape index (κ3) is 8.38. The van der Waals surface area contributed by atoms with Crippen LogP contribution in [0.25, 0.3) is 0 Å². The number of benzene rings is 2. The van der Waals surface area contributed by atoms with Crippen molar-refractivity contribution in [2.24, 2.45) is 11.8 Å². The average Bonchev–Trinajstić information content (AvgIpc) is 3.34. The molecule has 1 fully saturated rings. The number of rotatable bonds is 13. The lowest BCUT2D eigenvalue weighted by molar-refractivity contribution is -0.128. The van der Waals surface area contributed by atoms with E-state index >= 15 is 8.78 Å². The van der Waals surface area contributed by atoms with Gasteiger partial charge in [0.25, 0.3) is 0 Å². The van der Waals surface area contributed by atoms with Crippen molar-refractivity contribution in [2.75, 3.05) is 13.2 Å². The largest absolute Gasteiger partial charge is 0.434 e. The Morgan fingerprint density at radius 1 is 1.18 bits per heavy atom. The molecule has 5 atom stereocenters. The van der Waals surface area contributed by atoms with Gasteiger partial charge in [-0.25, -0.2) is 4.79 Å². The standard InChI is InChI=1S/C29H36ClF2N3O5/c1-3-18(2)14-24(27(38)34-23(17-36)15-20-12-13-33-26(20)37)35-28(39)40-25(19-8-5-4-6-9-19)29(31,32)21-10-7-11-22(30)16-21/h4-11,16,18,20,23-25,36H,3,12-15,17H2,1-2H3,(H,33,37)(H,34,38)(H,35,39)/t18?,20-,23-,24-,25?/m0/s1. The molecule has 4 N–H and O–H groups in total. The van der Waals surface area contributed by atoms with Gasteiger partial charge in [-0.3, -0.25) is 9.59 Å². The van der Waals surface area contributed by atoms with Crippen molar-refractivity contribution in [3.63, 3.8) is 0 Å². The Morgan fingerprint density at radius 2 is 1.90 bits per heavy atom. The van der Waals surface area contributed by atoms with E-state index in [1.54, 1.807) is 18.2 Å². The van der Waals surface area contributed by atoms with E-state index in [0.717, 1.165) is 6.07 Å². The minimum absolute atomic E-state index is 0.00191. The average molecular weight is 580 g/mol. The summed E-state index contributed by atoms with van der Waals surface area (Å²) >= 11 is 5.95. The number of aliphatic hydroxyl groups is 1. The maximum atomic E-state index is 15.7. The van der Waals surface area contributed by atoms with E-state index in [1.165, 1.54) is 30.3 Å². The van der Waals surface area contributed by atoms with E-state index in [9.17, 15) is 19.5 Å². The van der Waals surface area contributed by atoms with Crippen molar-refractivity contribution in [3.05, 3.63) is 70.7 Å². The SMILES string of the molecule is CCC(C)C[C@H](NC(=O)OC(c1ccccc1)C(F)(F)c1cccc(Cl)c1)C(=O)N[C@H](CO)C[C@@H]1CCNC1=O. The van der Waals surface area contributed by atoms with Crippen LogP contribution < -0.4 is 16.0 Å². The summed E-state index contributed by atoms with van der Waals surface area (Å²) < 4.78 is 36.8. The molecule has 0 radical (unpaired) electrons. The summed E-state index contributed by atoms with van der Waals surface area (Å²) in [5.41, 5.74) is -0.377. The molecular formula is C29H36ClF2N3O5. The van der Waals surface area contributed by atoms with Crippen LogP contribution in [0.3, 0.4) is 0 Å². The number of ether oxygens (including phenoxy) is 1. The zero-order valence-corrected chi connectivity index (χ0v) is 23.3. The summed E-state index contributed by atoms with van der Waals surface area (Å²) in [5.74, 6) is -4.74. The van der Waals surface area contributed by atoms with E-state index in [2.05, 4.69) is 16.0 Å². The molecule has 218 valence electrons. The number of carbonyl (C=O) groups is 3. The fraction of sp³-hybridized carbons (Fsp3) is 0.483. The van der Waals surface area contributed by atoms with Gasteiger partial charge in [0.15, 0.2) is 6.10 Å². The minimum atomic E-state index is -3.65. The Labute approximate surface area is 237 Å². The second-order valence-corrected chi connectivity index (χ2v) is 10.6. The van der Waals surface area contributed by atoms with Crippen LogP contribution in [0.15, 0.2) is 54.6 Å². The van der Waals surface area contributed by atoms with Crippen LogP contribution in [-0.4, -0.2) is 48.2 Å². The first-order valence-electron chi connectivity index (χ1n) is 13.4. The predicted octanol–water partition coefficient (Wildman–Crippen LogP) is 4.71. The van der Waals surface area contributed by atoms with Crippen molar-refractivity contribution in [1.29, 1.82) is 0 Å². The first-order valence-corrected chi connectivity index (χ1v) is 13.8. The quantitative estimate of drug-likeness (QED) is 0.274. The van der Waals surface area contributed by atoms with E-state index in [-0.39, 0.29) is 41.2 Å². The molecule has 1 heterocycles. The van der Waals surface area contributed by atoms with E-state index in [1.807, 2.05) is 13.8 Å². The number of nitrogens with one attached hydrogen (secondary N) is 3. The van der Waals surface area contributed by atoms with Crippen LogP contribution >= 0.6 is 11.6 Å². The smallest absolute Gasteiger partial charge is 0.408 e. The maximum Gasteiger partial charge on any atom is 0.408 e. The molecular weight excluding hydrogens is 544 g/mol. The number of alkyl carbamates (subject to hydrolysis) is 1. The predicted molar refractivity (Wildman–Crippen MR) is 147 cm³/mol. The molecule has 1 aliphatic heterocycles. The number of halogens is 3. The van der Waals surface area contributed by atoms with E-state index in [4.69, 9.17) is 16.3 Å². The summed E-state index contributed by atoms with van der Waals surface area (Å²) in [5, 5.41) is 17.8. The van der Waals surface area contributed by atoms with Crippen LogP contribution in [0.2, 0.25) is 5.02 Å². The van der Waals surface area contributed by atoms with E-state index in [0.29, 0.717) is 19.4 Å². The van der Waals surface area contributed by atoms with Gasteiger partial charge in [-0.15, -0.1) is 0 Å². The lowest BCUT2D eigenvalue weighted by atomic mass is 9.96. The van der Waals surface area contributed by atoms with Gasteiger partial charge in [0, 0.05) is 23.0 Å². The molecule has 0 aromatic heterocycles. The highest BCUT2D eigenvalue weighted by atomic mass is 35.5. The molecule has 1 aliphatic rings. The molecule has 0 aliphatic carbocycles. The third-order valence-electron chi connectivity index (χ3n) is 7.11. The fourth-order valence-electron chi connectivity index (χ4n) is 4.60. The van der Waals surface area contributed by atoms with Crippen molar-refractivity contribution in [2.45, 2.75) is 63.6 Å². The summed E-state index contributed by atoms with van der Waals surface area (Å²) in [6.45, 7) is 3.93. The highest BCUT2D eigenvalue weighted by Gasteiger charge is 2.46. The molecule has 8 nitrogen and oxygen atoms in total. The monoisotopic (exact) mass is 579 g/mol. The minimum Gasteiger partial charge on any atom is -0.434 e. The summed E-state index contributed by atoms with van der Waals surface area (Å²) in [7, 11) is 0. The molecule has 2 aromatic rings. The van der Waals surface area contributed by atoms with Crippen LogP contribution in [-0.2, 0) is 20.2 Å². The molecule has 0 bridgehead atoms. The first-order chi connectivity index (χ1) is 19.0. The number of amides is 3. The lowest BCUT2D eigenvalue weighted by Gasteiger charge is -2.29. The zero-order valence-electron chi connectivity index (χ0n) is 22.5. The second-order valence-electron chi connectivity index (χ2n) is 10.2. The van der Waals surface area contributed by atoms with Gasteiger partial charge in [-0.1, -0.05) is 74.3 Å².